The Hall–Kier alpha value is -2.57. The molecule has 5 atom stereocenters. The van der Waals surface area contributed by atoms with E-state index in [2.05, 4.69) is 29.7 Å². The Bertz CT molecular complexity index is 899. The van der Waals surface area contributed by atoms with E-state index in [-0.39, 0.29) is 5.92 Å². The zero-order valence-electron chi connectivity index (χ0n) is 17.8. The summed E-state index contributed by atoms with van der Waals surface area (Å²) in [6.07, 6.45) is 14.6. The van der Waals surface area contributed by atoms with Crippen LogP contribution in [0.3, 0.4) is 0 Å². The van der Waals surface area contributed by atoms with Crippen molar-refractivity contribution in [1.29, 1.82) is 10.5 Å². The monoisotopic (exact) mass is 406 g/mol. The number of nitrogens with zero attached hydrogens (tertiary/aromatic N) is 3. The lowest BCUT2D eigenvalue weighted by Crippen LogP contribution is -2.52. The SMILES string of the molecule is CC1(C)OC2=C(C=C(C#N)CC2)[C@@H](N=C(NC#N)C2CCC2C2C=CCCC2)[C@@H]1O. The third-order valence-corrected chi connectivity index (χ3v) is 7.12. The Labute approximate surface area is 178 Å². The van der Waals surface area contributed by atoms with Crippen LogP contribution in [0.15, 0.2) is 40.1 Å². The molecule has 1 fully saturated rings. The molecule has 0 saturated heterocycles. The van der Waals surface area contributed by atoms with E-state index in [9.17, 15) is 15.6 Å². The predicted octanol–water partition coefficient (Wildman–Crippen LogP) is 3.87. The quantitative estimate of drug-likeness (QED) is 0.243. The van der Waals surface area contributed by atoms with Crippen LogP contribution in [-0.2, 0) is 4.74 Å². The molecule has 4 rings (SSSR count). The number of aliphatic imine (C=N–C) groups is 1. The first-order valence-electron chi connectivity index (χ1n) is 11.0. The smallest absolute Gasteiger partial charge is 0.182 e. The molecule has 0 aromatic rings. The Morgan fingerprint density at radius 2 is 2.10 bits per heavy atom. The van der Waals surface area contributed by atoms with Gasteiger partial charge in [0, 0.05) is 23.5 Å². The summed E-state index contributed by atoms with van der Waals surface area (Å²) in [6, 6.07) is 1.68. The molecule has 0 radical (unpaired) electrons. The molecule has 1 aliphatic heterocycles. The van der Waals surface area contributed by atoms with Crippen LogP contribution in [0.4, 0.5) is 0 Å². The Kier molecular flexibility index (Phi) is 5.71. The average Bonchev–Trinajstić information content (AvgIpc) is 2.71. The normalized spacial score (nSPS) is 35.2. The molecule has 6 nitrogen and oxygen atoms in total. The highest BCUT2D eigenvalue weighted by atomic mass is 16.5. The van der Waals surface area contributed by atoms with Crippen molar-refractivity contribution < 1.29 is 9.84 Å². The number of hydrogen-bond donors (Lipinski definition) is 2. The summed E-state index contributed by atoms with van der Waals surface area (Å²) in [5.41, 5.74) is 0.664. The average molecular weight is 407 g/mol. The van der Waals surface area contributed by atoms with E-state index in [4.69, 9.17) is 9.73 Å². The van der Waals surface area contributed by atoms with Crippen LogP contribution in [0.25, 0.3) is 0 Å². The van der Waals surface area contributed by atoms with Crippen molar-refractivity contribution in [2.24, 2.45) is 22.7 Å². The van der Waals surface area contributed by atoms with Crippen LogP contribution in [0.2, 0.25) is 0 Å². The largest absolute Gasteiger partial charge is 0.489 e. The van der Waals surface area contributed by atoms with E-state index >= 15 is 0 Å². The summed E-state index contributed by atoms with van der Waals surface area (Å²) in [6.45, 7) is 3.73. The summed E-state index contributed by atoms with van der Waals surface area (Å²) < 4.78 is 6.08. The first kappa shape index (κ1) is 20.7. The maximum absolute atomic E-state index is 11.1. The Morgan fingerprint density at radius 3 is 2.73 bits per heavy atom. The van der Waals surface area contributed by atoms with E-state index in [1.807, 2.05) is 19.9 Å². The van der Waals surface area contributed by atoms with Gasteiger partial charge in [0.1, 0.15) is 29.3 Å². The van der Waals surface area contributed by atoms with Gasteiger partial charge >= 0.3 is 0 Å². The zero-order chi connectivity index (χ0) is 21.3. The Morgan fingerprint density at radius 1 is 1.27 bits per heavy atom. The highest BCUT2D eigenvalue weighted by Crippen LogP contribution is 2.45. The maximum Gasteiger partial charge on any atom is 0.182 e. The van der Waals surface area contributed by atoms with Gasteiger partial charge in [-0.2, -0.15) is 10.5 Å². The fourth-order valence-corrected chi connectivity index (χ4v) is 5.25. The lowest BCUT2D eigenvalue weighted by Gasteiger charge is -2.45. The standard InChI is InChI=1S/C24H30N4O2/c1-24(2)22(29)21(19-12-15(13-25)8-11-20(19)30-24)28-23(27-14-26)18-10-9-17(18)16-6-4-3-5-7-16/h4,6,12,16-18,21-22,29H,3,5,7-11H2,1-2H3,(H,27,28)/t16?,17?,18?,21-,22+/m1/s1. The van der Waals surface area contributed by atoms with Crippen molar-refractivity contribution in [2.45, 2.75) is 76.5 Å². The van der Waals surface area contributed by atoms with Gasteiger partial charge in [-0.1, -0.05) is 12.2 Å². The molecule has 6 heteroatoms. The molecule has 30 heavy (non-hydrogen) atoms. The molecule has 4 aliphatic rings. The molecule has 0 spiro atoms. The molecule has 0 aromatic carbocycles. The third kappa shape index (κ3) is 3.77. The number of ether oxygens (including phenoxy) is 1. The maximum atomic E-state index is 11.1. The number of nitrogens with one attached hydrogen (secondary N) is 1. The van der Waals surface area contributed by atoms with E-state index in [0.717, 1.165) is 30.6 Å². The molecule has 3 aliphatic carbocycles. The minimum atomic E-state index is -0.867. The van der Waals surface area contributed by atoms with Crippen molar-refractivity contribution in [3.8, 4) is 12.3 Å². The summed E-state index contributed by atoms with van der Waals surface area (Å²) in [4.78, 5) is 4.94. The Balaban J connectivity index is 1.69. The summed E-state index contributed by atoms with van der Waals surface area (Å²) in [5.74, 6) is 2.68. The number of nitriles is 2. The van der Waals surface area contributed by atoms with E-state index in [1.165, 1.54) is 12.8 Å². The number of allylic oxidation sites excluding steroid dienone is 4. The van der Waals surface area contributed by atoms with Gasteiger partial charge in [0.2, 0.25) is 0 Å². The van der Waals surface area contributed by atoms with Crippen LogP contribution in [0, 0.1) is 40.5 Å². The predicted molar refractivity (Wildman–Crippen MR) is 114 cm³/mol. The number of rotatable bonds is 3. The minimum absolute atomic E-state index is 0.197. The topological polar surface area (TPSA) is 101 Å². The molecular weight excluding hydrogens is 376 g/mol. The van der Waals surface area contributed by atoms with Gasteiger partial charge in [-0.3, -0.25) is 10.3 Å². The zero-order valence-corrected chi connectivity index (χ0v) is 17.8. The highest BCUT2D eigenvalue weighted by Gasteiger charge is 2.46. The second-order valence-electron chi connectivity index (χ2n) is 9.38. The van der Waals surface area contributed by atoms with E-state index in [1.54, 1.807) is 0 Å². The molecule has 2 N–H and O–H groups in total. The number of hydrogen-bond acceptors (Lipinski definition) is 5. The lowest BCUT2D eigenvalue weighted by molar-refractivity contribution is -0.0923. The molecule has 0 bridgehead atoms. The lowest BCUT2D eigenvalue weighted by atomic mass is 9.64. The van der Waals surface area contributed by atoms with Crippen molar-refractivity contribution in [1.82, 2.24) is 5.32 Å². The molecule has 1 heterocycles. The first-order valence-corrected chi connectivity index (χ1v) is 11.0. The minimum Gasteiger partial charge on any atom is -0.489 e. The second kappa shape index (κ2) is 8.28. The van der Waals surface area contributed by atoms with Crippen LogP contribution in [-0.4, -0.2) is 28.7 Å². The molecule has 3 unspecified atom stereocenters. The summed E-state index contributed by atoms with van der Waals surface area (Å²) in [7, 11) is 0. The first-order chi connectivity index (χ1) is 14.4. The molecule has 158 valence electrons. The highest BCUT2D eigenvalue weighted by molar-refractivity contribution is 5.87. The molecular formula is C24H30N4O2. The molecule has 0 aromatic heterocycles. The van der Waals surface area contributed by atoms with E-state index < -0.39 is 17.7 Å². The van der Waals surface area contributed by atoms with Gasteiger partial charge < -0.3 is 9.84 Å². The molecule has 1 saturated carbocycles. The van der Waals surface area contributed by atoms with Gasteiger partial charge in [-0.05, 0) is 70.3 Å². The van der Waals surface area contributed by atoms with Crippen LogP contribution < -0.4 is 5.32 Å². The van der Waals surface area contributed by atoms with Gasteiger partial charge in [0.05, 0.1) is 6.07 Å². The van der Waals surface area contributed by atoms with E-state index in [0.29, 0.717) is 36.1 Å². The fourth-order valence-electron chi connectivity index (χ4n) is 5.25. The summed E-state index contributed by atoms with van der Waals surface area (Å²) in [5, 5.41) is 32.7. The van der Waals surface area contributed by atoms with Gasteiger partial charge in [0.15, 0.2) is 6.19 Å². The summed E-state index contributed by atoms with van der Waals surface area (Å²) >= 11 is 0. The number of amidine groups is 1. The van der Waals surface area contributed by atoms with Crippen molar-refractivity contribution >= 4 is 5.84 Å². The number of aliphatic hydroxyl groups excluding tert-OH is 1. The molecule has 0 amide bonds. The van der Waals surface area contributed by atoms with Crippen molar-refractivity contribution in [2.75, 3.05) is 0 Å². The third-order valence-electron chi connectivity index (χ3n) is 7.12. The van der Waals surface area contributed by atoms with Crippen LogP contribution in [0.5, 0.6) is 0 Å². The van der Waals surface area contributed by atoms with Crippen LogP contribution in [0.1, 0.15) is 58.8 Å². The van der Waals surface area contributed by atoms with Crippen molar-refractivity contribution in [3.63, 3.8) is 0 Å². The van der Waals surface area contributed by atoms with Gasteiger partial charge in [0.25, 0.3) is 0 Å². The van der Waals surface area contributed by atoms with Gasteiger partial charge in [-0.15, -0.1) is 0 Å². The second-order valence-corrected chi connectivity index (χ2v) is 9.38. The van der Waals surface area contributed by atoms with Crippen molar-refractivity contribution in [3.05, 3.63) is 35.1 Å². The number of aliphatic hydroxyl groups is 1. The van der Waals surface area contributed by atoms with Crippen LogP contribution >= 0.6 is 0 Å². The fraction of sp³-hybridized carbons (Fsp3) is 0.625. The van der Waals surface area contributed by atoms with Gasteiger partial charge in [-0.25, -0.2) is 0 Å².